The average Bonchev–Trinajstić information content (AvgIpc) is 2.01. The molecular weight excluding hydrogens is 268 g/mol. The minimum Gasteiger partial charge on any atom is -0.501 e. The van der Waals surface area contributed by atoms with Gasteiger partial charge >= 0.3 is 5.69 Å². The summed E-state index contributed by atoms with van der Waals surface area (Å²) in [5.74, 6) is -2.01. The van der Waals surface area contributed by atoms with E-state index in [-0.39, 0.29) is 4.47 Å². The van der Waals surface area contributed by atoms with Gasteiger partial charge < -0.3 is 5.11 Å². The van der Waals surface area contributed by atoms with Crippen LogP contribution in [0.4, 0.5) is 10.1 Å². The van der Waals surface area contributed by atoms with E-state index in [1.54, 1.807) is 0 Å². The Morgan fingerprint density at radius 2 is 2.23 bits per heavy atom. The van der Waals surface area contributed by atoms with Crippen LogP contribution in [0.2, 0.25) is 5.02 Å². The molecule has 0 saturated heterocycles. The number of aromatic hydroxyl groups is 1. The zero-order chi connectivity index (χ0) is 10.2. The zero-order valence-electron chi connectivity index (χ0n) is 5.92. The third kappa shape index (κ3) is 1.73. The molecule has 0 spiro atoms. The largest absolute Gasteiger partial charge is 0.501 e. The molecular formula is C6H2BrClFNO3. The van der Waals surface area contributed by atoms with Gasteiger partial charge in [-0.15, -0.1) is 0 Å². The molecule has 0 aliphatic heterocycles. The monoisotopic (exact) mass is 269 g/mol. The van der Waals surface area contributed by atoms with E-state index in [2.05, 4.69) is 15.9 Å². The Morgan fingerprint density at radius 3 is 2.69 bits per heavy atom. The highest BCUT2D eigenvalue weighted by molar-refractivity contribution is 9.10. The summed E-state index contributed by atoms with van der Waals surface area (Å²) in [7, 11) is 0. The number of hydrogen-bond acceptors (Lipinski definition) is 3. The number of nitro benzene ring substituents is 1. The van der Waals surface area contributed by atoms with Crippen molar-refractivity contribution in [2.24, 2.45) is 0 Å². The first-order chi connectivity index (χ1) is 5.95. The number of phenols is 1. The average molecular weight is 270 g/mol. The molecule has 0 atom stereocenters. The van der Waals surface area contributed by atoms with E-state index in [4.69, 9.17) is 16.7 Å². The first-order valence-corrected chi connectivity index (χ1v) is 4.13. The molecule has 0 radical (unpaired) electrons. The van der Waals surface area contributed by atoms with Crippen molar-refractivity contribution in [3.8, 4) is 5.75 Å². The zero-order valence-corrected chi connectivity index (χ0v) is 8.26. The first kappa shape index (κ1) is 10.2. The Morgan fingerprint density at radius 1 is 1.69 bits per heavy atom. The molecule has 0 amide bonds. The predicted octanol–water partition coefficient (Wildman–Crippen LogP) is 2.86. The molecule has 0 bridgehead atoms. The summed E-state index contributed by atoms with van der Waals surface area (Å²) in [6, 6.07) is 1.04. The van der Waals surface area contributed by atoms with Crippen LogP contribution >= 0.6 is 27.5 Å². The Hall–Kier alpha value is -0.880. The summed E-state index contributed by atoms with van der Waals surface area (Å²) < 4.78 is 12.9. The quantitative estimate of drug-likeness (QED) is 0.485. The van der Waals surface area contributed by atoms with Crippen LogP contribution in [0.5, 0.6) is 5.75 Å². The molecule has 1 aromatic carbocycles. The van der Waals surface area contributed by atoms with Crippen LogP contribution in [0.3, 0.4) is 0 Å². The van der Waals surface area contributed by atoms with Crippen molar-refractivity contribution < 1.29 is 14.4 Å². The molecule has 0 aromatic heterocycles. The lowest BCUT2D eigenvalue weighted by Gasteiger charge is -2.01. The topological polar surface area (TPSA) is 63.4 Å². The highest BCUT2D eigenvalue weighted by atomic mass is 79.9. The van der Waals surface area contributed by atoms with E-state index in [9.17, 15) is 14.5 Å². The summed E-state index contributed by atoms with van der Waals surface area (Å²) in [6.07, 6.45) is 0. The number of hydrogen-bond donors (Lipinski definition) is 1. The van der Waals surface area contributed by atoms with Gasteiger partial charge in [-0.3, -0.25) is 10.1 Å². The number of nitrogens with zero attached hydrogens (tertiary/aromatic N) is 1. The van der Waals surface area contributed by atoms with Crippen LogP contribution in [0.15, 0.2) is 10.5 Å². The number of nitro groups is 1. The number of benzene rings is 1. The van der Waals surface area contributed by atoms with E-state index in [0.29, 0.717) is 0 Å². The Bertz CT molecular complexity index is 358. The lowest BCUT2D eigenvalue weighted by atomic mass is 10.3. The van der Waals surface area contributed by atoms with Crippen molar-refractivity contribution >= 4 is 33.2 Å². The van der Waals surface area contributed by atoms with Crippen molar-refractivity contribution in [3.63, 3.8) is 0 Å². The van der Waals surface area contributed by atoms with Crippen LogP contribution < -0.4 is 0 Å². The van der Waals surface area contributed by atoms with Crippen LogP contribution in [0.1, 0.15) is 0 Å². The fourth-order valence-electron chi connectivity index (χ4n) is 0.740. The molecule has 0 unspecified atom stereocenters. The molecule has 1 rings (SSSR count). The highest BCUT2D eigenvalue weighted by Gasteiger charge is 2.25. The van der Waals surface area contributed by atoms with Gasteiger partial charge in [-0.1, -0.05) is 11.6 Å². The van der Waals surface area contributed by atoms with Gasteiger partial charge in [0.05, 0.1) is 14.4 Å². The fourth-order valence-corrected chi connectivity index (χ4v) is 1.49. The van der Waals surface area contributed by atoms with E-state index in [1.165, 1.54) is 0 Å². The van der Waals surface area contributed by atoms with Gasteiger partial charge in [0, 0.05) is 0 Å². The molecule has 13 heavy (non-hydrogen) atoms. The van der Waals surface area contributed by atoms with Gasteiger partial charge in [0.1, 0.15) is 0 Å². The second kappa shape index (κ2) is 3.47. The van der Waals surface area contributed by atoms with Gasteiger partial charge in [-0.25, -0.2) is 0 Å². The molecule has 7 heteroatoms. The van der Waals surface area contributed by atoms with E-state index < -0.39 is 27.2 Å². The molecule has 0 heterocycles. The third-order valence-corrected chi connectivity index (χ3v) is 2.18. The summed E-state index contributed by atoms with van der Waals surface area (Å²) in [5, 5.41) is 18.9. The molecule has 0 saturated carbocycles. The lowest BCUT2D eigenvalue weighted by Crippen LogP contribution is -1.94. The van der Waals surface area contributed by atoms with Crippen molar-refractivity contribution in [2.45, 2.75) is 0 Å². The van der Waals surface area contributed by atoms with Crippen molar-refractivity contribution in [2.75, 3.05) is 0 Å². The summed E-state index contributed by atoms with van der Waals surface area (Å²) >= 11 is 8.11. The minimum absolute atomic E-state index is 0.0226. The maximum Gasteiger partial charge on any atom is 0.348 e. The number of rotatable bonds is 1. The molecule has 0 fully saturated rings. The first-order valence-electron chi connectivity index (χ1n) is 2.96. The number of phenolic OH excluding ortho intramolecular Hbond substituents is 1. The Labute approximate surface area is 85.2 Å². The van der Waals surface area contributed by atoms with Crippen LogP contribution in [0.25, 0.3) is 0 Å². The lowest BCUT2D eigenvalue weighted by molar-refractivity contribution is -0.388. The van der Waals surface area contributed by atoms with Gasteiger partial charge in [0.2, 0.25) is 11.6 Å². The summed E-state index contributed by atoms with van der Waals surface area (Å²) in [4.78, 5) is 9.23. The molecule has 0 aliphatic rings. The Balaban J connectivity index is 3.56. The summed E-state index contributed by atoms with van der Waals surface area (Å²) in [5.41, 5.74) is -1.03. The molecule has 1 aromatic rings. The highest BCUT2D eigenvalue weighted by Crippen LogP contribution is 2.39. The predicted molar refractivity (Wildman–Crippen MR) is 47.4 cm³/mol. The van der Waals surface area contributed by atoms with Gasteiger partial charge in [-0.2, -0.15) is 4.39 Å². The van der Waals surface area contributed by atoms with Crippen molar-refractivity contribution in [3.05, 3.63) is 31.5 Å². The third-order valence-electron chi connectivity index (χ3n) is 1.30. The smallest absolute Gasteiger partial charge is 0.348 e. The van der Waals surface area contributed by atoms with Crippen molar-refractivity contribution in [1.82, 2.24) is 0 Å². The normalized spacial score (nSPS) is 10.1. The SMILES string of the molecule is O=[N+]([O-])c1c(O)c(Br)cc(Cl)c1F. The summed E-state index contributed by atoms with van der Waals surface area (Å²) in [6.45, 7) is 0. The maximum absolute atomic E-state index is 12.9. The van der Waals surface area contributed by atoms with Gasteiger partial charge in [0.15, 0.2) is 0 Å². The molecule has 0 aliphatic carbocycles. The minimum atomic E-state index is -1.24. The van der Waals surface area contributed by atoms with E-state index in [1.807, 2.05) is 0 Å². The second-order valence-corrected chi connectivity index (χ2v) is 3.37. The standard InChI is InChI=1S/C6H2BrClFNO3/c7-2-1-3(8)4(9)5(6(2)11)10(12)13/h1,11H. The molecule has 70 valence electrons. The molecule has 4 nitrogen and oxygen atoms in total. The van der Waals surface area contributed by atoms with Gasteiger partial charge in [-0.05, 0) is 22.0 Å². The Kier molecular flexibility index (Phi) is 2.72. The maximum atomic E-state index is 12.9. The van der Waals surface area contributed by atoms with E-state index >= 15 is 0 Å². The van der Waals surface area contributed by atoms with Crippen LogP contribution in [0, 0.1) is 15.9 Å². The molecule has 1 N–H and O–H groups in total. The van der Waals surface area contributed by atoms with E-state index in [0.717, 1.165) is 6.07 Å². The van der Waals surface area contributed by atoms with Gasteiger partial charge in [0.25, 0.3) is 0 Å². The number of halogens is 3. The van der Waals surface area contributed by atoms with Crippen molar-refractivity contribution in [1.29, 1.82) is 0 Å². The second-order valence-electron chi connectivity index (χ2n) is 2.11. The van der Waals surface area contributed by atoms with Crippen LogP contribution in [-0.4, -0.2) is 10.0 Å². The van der Waals surface area contributed by atoms with Crippen LogP contribution in [-0.2, 0) is 0 Å². The fraction of sp³-hybridized carbons (Fsp3) is 0.